The predicted octanol–water partition coefficient (Wildman–Crippen LogP) is 1.61. The Hall–Kier alpha value is -1.72. The molecule has 0 aliphatic carbocycles. The third-order valence-electron chi connectivity index (χ3n) is 3.70. The number of hydrogen-bond acceptors (Lipinski definition) is 8. The normalized spacial score (nSPS) is 10.1. The molecule has 0 amide bonds. The third kappa shape index (κ3) is 33.1. The Morgan fingerprint density at radius 1 is 0.581 bits per heavy atom. The number of unbranched alkanes of at least 4 members (excludes halogenated alkanes) is 8. The van der Waals surface area contributed by atoms with Gasteiger partial charge in [-0.25, -0.2) is 9.59 Å². The van der Waals surface area contributed by atoms with Crippen LogP contribution in [0.5, 0.6) is 0 Å². The van der Waals surface area contributed by atoms with Gasteiger partial charge in [0, 0.05) is 12.2 Å². The summed E-state index contributed by atoms with van der Waals surface area (Å²) in [5, 5.41) is 19.9. The first-order valence-electron chi connectivity index (χ1n) is 10.4. The molecule has 0 aliphatic heterocycles. The van der Waals surface area contributed by atoms with Crippen molar-refractivity contribution in [1.29, 1.82) is 0 Å². The number of aliphatic carboxylic acids is 2. The first-order chi connectivity index (χ1) is 14.3. The van der Waals surface area contributed by atoms with E-state index in [1.807, 2.05) is 0 Å². The van der Waals surface area contributed by atoms with Crippen LogP contribution in [-0.4, -0.2) is 37.1 Å². The fourth-order valence-corrected chi connectivity index (χ4v) is 2.13. The average molecular weight is 539 g/mol. The fraction of sp³-hybridized carbons (Fsp3) is 0.636. The largest absolute Gasteiger partial charge is 2.00 e. The Balaban J connectivity index is -0.000000490. The van der Waals surface area contributed by atoms with Crippen molar-refractivity contribution in [3.8, 4) is 0 Å². The number of hydrogen-bond donors (Lipinski definition) is 0. The Morgan fingerprint density at radius 3 is 1.19 bits per heavy atom. The van der Waals surface area contributed by atoms with Gasteiger partial charge >= 0.3 is 39.2 Å². The number of carboxylic acid groups (broad SMARTS) is 2. The molecule has 8 nitrogen and oxygen atoms in total. The summed E-state index contributed by atoms with van der Waals surface area (Å²) < 4.78 is 9.51. The van der Waals surface area contributed by atoms with Gasteiger partial charge < -0.3 is 29.3 Å². The number of carbonyl (C=O) groups excluding carboxylic acids is 4. The van der Waals surface area contributed by atoms with E-state index in [2.05, 4.69) is 13.8 Å². The molecule has 0 atom stereocenters. The van der Waals surface area contributed by atoms with E-state index in [1.165, 1.54) is 25.7 Å². The summed E-state index contributed by atoms with van der Waals surface area (Å²) in [4.78, 5) is 41.6. The standard InChI is InChI=1S/2C11H18O4.Cd/c2*1-2-3-4-5-6-9-15-11(14)8-7-10(12)13;/h2*7-8H,2-6,9H2,1H3,(H,12,13);/q;;+2/p-2/b2*8-7-;. The summed E-state index contributed by atoms with van der Waals surface area (Å²) in [7, 11) is 0. The molecule has 31 heavy (non-hydrogen) atoms. The van der Waals surface area contributed by atoms with Crippen LogP contribution in [0.15, 0.2) is 24.3 Å². The molecule has 0 saturated carbocycles. The van der Waals surface area contributed by atoms with E-state index in [4.69, 9.17) is 9.47 Å². The van der Waals surface area contributed by atoms with E-state index in [0.717, 1.165) is 50.7 Å². The van der Waals surface area contributed by atoms with E-state index >= 15 is 0 Å². The molecule has 0 fully saturated rings. The van der Waals surface area contributed by atoms with Crippen LogP contribution < -0.4 is 10.2 Å². The van der Waals surface area contributed by atoms with Gasteiger partial charge in [0.05, 0.1) is 25.2 Å². The minimum absolute atomic E-state index is 0. The van der Waals surface area contributed by atoms with Crippen molar-refractivity contribution < 1.29 is 66.2 Å². The zero-order chi connectivity index (χ0) is 23.0. The molecule has 0 aromatic rings. The van der Waals surface area contributed by atoms with Crippen molar-refractivity contribution in [1.82, 2.24) is 0 Å². The SMILES string of the molecule is CCCCCCCOC(=O)/C=C\C(=O)[O-].CCCCCCCOC(=O)/C=C\C(=O)[O-].[Cd+2]. The van der Waals surface area contributed by atoms with Crippen LogP contribution in [0, 0.1) is 0 Å². The first-order valence-corrected chi connectivity index (χ1v) is 10.4. The summed E-state index contributed by atoms with van der Waals surface area (Å²) in [5.74, 6) is -4.05. The summed E-state index contributed by atoms with van der Waals surface area (Å²) in [6.45, 7) is 4.95. The van der Waals surface area contributed by atoms with Gasteiger partial charge in [-0.05, 0) is 25.0 Å². The Bertz CT molecular complexity index is 496. The van der Waals surface area contributed by atoms with Crippen molar-refractivity contribution in [3.63, 3.8) is 0 Å². The van der Waals surface area contributed by atoms with E-state index in [0.29, 0.717) is 25.4 Å². The van der Waals surface area contributed by atoms with Gasteiger partial charge in [0.15, 0.2) is 0 Å². The van der Waals surface area contributed by atoms with Crippen molar-refractivity contribution in [2.24, 2.45) is 0 Å². The first kappa shape index (κ1) is 33.9. The zero-order valence-corrected chi connectivity index (χ0v) is 22.8. The van der Waals surface area contributed by atoms with E-state index in [1.54, 1.807) is 0 Å². The van der Waals surface area contributed by atoms with Crippen molar-refractivity contribution in [3.05, 3.63) is 24.3 Å². The van der Waals surface area contributed by atoms with Crippen LogP contribution in [-0.2, 0) is 56.0 Å². The maximum atomic E-state index is 10.8. The van der Waals surface area contributed by atoms with Crippen molar-refractivity contribution in [2.75, 3.05) is 13.2 Å². The zero-order valence-electron chi connectivity index (χ0n) is 18.8. The molecule has 0 bridgehead atoms. The quantitative estimate of drug-likeness (QED) is 0.125. The monoisotopic (exact) mass is 540 g/mol. The maximum Gasteiger partial charge on any atom is 2.00 e. The molecular weight excluding hydrogens is 505 g/mol. The topological polar surface area (TPSA) is 133 Å². The van der Waals surface area contributed by atoms with Crippen LogP contribution in [0.2, 0.25) is 0 Å². The predicted molar refractivity (Wildman–Crippen MR) is 108 cm³/mol. The molecule has 0 aromatic carbocycles. The van der Waals surface area contributed by atoms with Crippen molar-refractivity contribution >= 4 is 23.9 Å². The van der Waals surface area contributed by atoms with E-state index < -0.39 is 23.9 Å². The number of ether oxygens (including phenoxy) is 2. The summed E-state index contributed by atoms with van der Waals surface area (Å²) in [6, 6.07) is 0. The molecule has 0 rings (SSSR count). The number of carbonyl (C=O) groups is 4. The third-order valence-corrected chi connectivity index (χ3v) is 3.70. The maximum absolute atomic E-state index is 10.8. The summed E-state index contributed by atoms with van der Waals surface area (Å²) >= 11 is 0. The van der Waals surface area contributed by atoms with Gasteiger partial charge in [-0.2, -0.15) is 0 Å². The van der Waals surface area contributed by atoms with Gasteiger partial charge in [0.2, 0.25) is 0 Å². The van der Waals surface area contributed by atoms with Crippen LogP contribution in [0.4, 0.5) is 0 Å². The molecule has 0 aliphatic rings. The molecule has 0 radical (unpaired) electrons. The second-order valence-electron chi connectivity index (χ2n) is 6.47. The van der Waals surface area contributed by atoms with Crippen LogP contribution >= 0.6 is 0 Å². The second kappa shape index (κ2) is 26.3. The Morgan fingerprint density at radius 2 is 0.903 bits per heavy atom. The molecule has 9 heteroatoms. The molecule has 0 spiro atoms. The van der Waals surface area contributed by atoms with Gasteiger partial charge in [-0.15, -0.1) is 0 Å². The smallest absolute Gasteiger partial charge is 0.545 e. The summed E-state index contributed by atoms with van der Waals surface area (Å²) in [5.41, 5.74) is 0. The molecular formula is C22H34CdO8. The van der Waals surface area contributed by atoms with Gasteiger partial charge in [0.25, 0.3) is 0 Å². The van der Waals surface area contributed by atoms with Crippen LogP contribution in [0.1, 0.15) is 78.1 Å². The van der Waals surface area contributed by atoms with Crippen molar-refractivity contribution in [2.45, 2.75) is 78.1 Å². The second-order valence-corrected chi connectivity index (χ2v) is 6.47. The minimum atomic E-state index is -1.39. The number of esters is 2. The van der Waals surface area contributed by atoms with Gasteiger partial charge in [0.1, 0.15) is 0 Å². The van der Waals surface area contributed by atoms with E-state index in [-0.39, 0.29) is 27.3 Å². The molecule has 0 N–H and O–H groups in total. The van der Waals surface area contributed by atoms with Crippen LogP contribution in [0.3, 0.4) is 0 Å². The number of carboxylic acids is 2. The molecule has 172 valence electrons. The molecule has 0 unspecified atom stereocenters. The van der Waals surface area contributed by atoms with E-state index in [9.17, 15) is 29.4 Å². The molecule has 0 saturated heterocycles. The Labute approximate surface area is 205 Å². The van der Waals surface area contributed by atoms with Gasteiger partial charge in [-0.3, -0.25) is 0 Å². The average Bonchev–Trinajstić information content (AvgIpc) is 2.70. The number of rotatable bonds is 16. The molecule has 0 heterocycles. The van der Waals surface area contributed by atoms with Crippen LogP contribution in [0.25, 0.3) is 0 Å². The van der Waals surface area contributed by atoms with Gasteiger partial charge in [-0.1, -0.05) is 65.2 Å². The summed E-state index contributed by atoms with van der Waals surface area (Å²) in [6.07, 6.45) is 13.8. The Kier molecular flexibility index (Phi) is 28.8. The molecule has 0 aromatic heterocycles. The minimum Gasteiger partial charge on any atom is -0.545 e. The fourth-order valence-electron chi connectivity index (χ4n) is 2.13.